The quantitative estimate of drug-likeness (QED) is 0.891. The third-order valence-electron chi connectivity index (χ3n) is 3.97. The second kappa shape index (κ2) is 6.48. The highest BCUT2D eigenvalue weighted by Crippen LogP contribution is 2.32. The Hall–Kier alpha value is -1.88. The van der Waals surface area contributed by atoms with Gasteiger partial charge in [0.25, 0.3) is 0 Å². The van der Waals surface area contributed by atoms with E-state index in [1.165, 1.54) is 0 Å². The lowest BCUT2D eigenvalue weighted by atomic mass is 9.87. The van der Waals surface area contributed by atoms with Gasteiger partial charge in [0.1, 0.15) is 17.3 Å². The first kappa shape index (κ1) is 15.0. The van der Waals surface area contributed by atoms with E-state index in [4.69, 9.17) is 4.42 Å². The summed E-state index contributed by atoms with van der Waals surface area (Å²) < 4.78 is 34.6. The highest BCUT2D eigenvalue weighted by Gasteiger charge is 2.21. The Morgan fingerprint density at radius 3 is 2.91 bits per heavy atom. The molecule has 118 valence electrons. The van der Waals surface area contributed by atoms with Gasteiger partial charge in [-0.25, -0.2) is 0 Å². The molecule has 1 aromatic heterocycles. The van der Waals surface area contributed by atoms with Crippen LogP contribution in [0.4, 0.5) is 8.78 Å². The van der Waals surface area contributed by atoms with Gasteiger partial charge in [0, 0.05) is 6.04 Å². The molecule has 1 aromatic carbocycles. The molecule has 0 radical (unpaired) electrons. The fraction of sp³-hybridized carbons (Fsp3) is 0.412. The SMILES string of the molecule is Cc1ccc(CNC2CCCc3cc(OC(F)F)ccc32)o1. The van der Waals surface area contributed by atoms with Crippen LogP contribution in [0.25, 0.3) is 0 Å². The van der Waals surface area contributed by atoms with Gasteiger partial charge in [-0.3, -0.25) is 0 Å². The maximum absolute atomic E-state index is 12.3. The molecule has 3 nitrogen and oxygen atoms in total. The number of hydrogen-bond donors (Lipinski definition) is 1. The third-order valence-corrected chi connectivity index (χ3v) is 3.97. The summed E-state index contributed by atoms with van der Waals surface area (Å²) in [6, 6.07) is 9.35. The fourth-order valence-electron chi connectivity index (χ4n) is 2.98. The lowest BCUT2D eigenvalue weighted by molar-refractivity contribution is -0.0499. The second-order valence-electron chi connectivity index (χ2n) is 5.58. The molecule has 1 aliphatic carbocycles. The zero-order chi connectivity index (χ0) is 15.5. The average Bonchev–Trinajstić information content (AvgIpc) is 2.89. The molecule has 0 saturated heterocycles. The molecule has 3 rings (SSSR count). The zero-order valence-corrected chi connectivity index (χ0v) is 12.4. The third kappa shape index (κ3) is 3.47. The van der Waals surface area contributed by atoms with E-state index in [0.29, 0.717) is 6.54 Å². The molecule has 1 N–H and O–H groups in total. The highest BCUT2D eigenvalue weighted by atomic mass is 19.3. The minimum atomic E-state index is -2.78. The number of ether oxygens (including phenoxy) is 1. The smallest absolute Gasteiger partial charge is 0.387 e. The number of furan rings is 1. The molecule has 0 fully saturated rings. The fourth-order valence-corrected chi connectivity index (χ4v) is 2.98. The molecule has 1 unspecified atom stereocenters. The Balaban J connectivity index is 1.70. The van der Waals surface area contributed by atoms with Crippen molar-refractivity contribution < 1.29 is 17.9 Å². The second-order valence-corrected chi connectivity index (χ2v) is 5.58. The average molecular weight is 307 g/mol. The van der Waals surface area contributed by atoms with Crippen molar-refractivity contribution in [1.29, 1.82) is 0 Å². The van der Waals surface area contributed by atoms with Crippen LogP contribution < -0.4 is 10.1 Å². The number of aryl methyl sites for hydroxylation is 2. The van der Waals surface area contributed by atoms with Crippen LogP contribution in [0.3, 0.4) is 0 Å². The van der Waals surface area contributed by atoms with E-state index in [1.54, 1.807) is 12.1 Å². The summed E-state index contributed by atoms with van der Waals surface area (Å²) in [5.41, 5.74) is 2.24. The molecule has 0 aliphatic heterocycles. The summed E-state index contributed by atoms with van der Waals surface area (Å²) in [4.78, 5) is 0. The highest BCUT2D eigenvalue weighted by molar-refractivity contribution is 5.39. The molecule has 22 heavy (non-hydrogen) atoms. The minimum Gasteiger partial charge on any atom is -0.465 e. The van der Waals surface area contributed by atoms with E-state index in [0.717, 1.165) is 41.9 Å². The van der Waals surface area contributed by atoms with Gasteiger partial charge >= 0.3 is 6.61 Å². The van der Waals surface area contributed by atoms with Gasteiger partial charge in [-0.2, -0.15) is 8.78 Å². The maximum atomic E-state index is 12.3. The van der Waals surface area contributed by atoms with Crippen molar-refractivity contribution in [2.24, 2.45) is 0 Å². The summed E-state index contributed by atoms with van der Waals surface area (Å²) in [6.07, 6.45) is 2.95. The first-order valence-electron chi connectivity index (χ1n) is 7.48. The predicted molar refractivity (Wildman–Crippen MR) is 79.0 cm³/mol. The van der Waals surface area contributed by atoms with E-state index < -0.39 is 6.61 Å². The molecule has 2 aromatic rings. The Labute approximate surface area is 128 Å². The van der Waals surface area contributed by atoms with E-state index in [1.807, 2.05) is 25.1 Å². The molecular formula is C17H19F2NO2. The summed E-state index contributed by atoms with van der Waals surface area (Å²) in [6.45, 7) is -0.199. The molecular weight excluding hydrogens is 288 g/mol. The maximum Gasteiger partial charge on any atom is 0.387 e. The standard InChI is InChI=1S/C17H19F2NO2/c1-11-5-6-14(21-11)10-20-16-4-2-3-12-9-13(22-17(18)19)7-8-15(12)16/h5-9,16-17,20H,2-4,10H2,1H3. The summed E-state index contributed by atoms with van der Waals surface area (Å²) >= 11 is 0. The molecule has 0 amide bonds. The van der Waals surface area contributed by atoms with Crippen molar-refractivity contribution in [2.45, 2.75) is 45.4 Å². The Morgan fingerprint density at radius 2 is 2.18 bits per heavy atom. The lowest BCUT2D eigenvalue weighted by Crippen LogP contribution is -2.24. The van der Waals surface area contributed by atoms with E-state index in [9.17, 15) is 8.78 Å². The van der Waals surface area contributed by atoms with Gasteiger partial charge in [0.2, 0.25) is 0 Å². The first-order chi connectivity index (χ1) is 10.6. The van der Waals surface area contributed by atoms with Crippen LogP contribution in [0.2, 0.25) is 0 Å². The number of hydrogen-bond acceptors (Lipinski definition) is 3. The summed E-state index contributed by atoms with van der Waals surface area (Å²) in [5, 5.41) is 3.48. The van der Waals surface area contributed by atoms with Crippen molar-refractivity contribution >= 4 is 0 Å². The van der Waals surface area contributed by atoms with Gasteiger partial charge in [-0.05, 0) is 61.6 Å². The molecule has 5 heteroatoms. The van der Waals surface area contributed by atoms with Crippen LogP contribution in [0.15, 0.2) is 34.7 Å². The number of fused-ring (bicyclic) bond motifs is 1. The molecule has 1 aliphatic rings. The van der Waals surface area contributed by atoms with Crippen LogP contribution in [0, 0.1) is 6.92 Å². The van der Waals surface area contributed by atoms with Gasteiger partial charge in [-0.1, -0.05) is 6.07 Å². The van der Waals surface area contributed by atoms with Gasteiger partial charge in [0.15, 0.2) is 0 Å². The Bertz CT molecular complexity index is 639. The number of nitrogens with one attached hydrogen (secondary N) is 1. The van der Waals surface area contributed by atoms with Crippen LogP contribution in [0.5, 0.6) is 5.75 Å². The van der Waals surface area contributed by atoms with Gasteiger partial charge < -0.3 is 14.5 Å². The van der Waals surface area contributed by atoms with Gasteiger partial charge in [-0.15, -0.1) is 0 Å². The van der Waals surface area contributed by atoms with Crippen LogP contribution in [0.1, 0.15) is 41.5 Å². The van der Waals surface area contributed by atoms with Crippen molar-refractivity contribution in [2.75, 3.05) is 0 Å². The number of rotatable bonds is 5. The van der Waals surface area contributed by atoms with Crippen molar-refractivity contribution in [3.63, 3.8) is 0 Å². The van der Waals surface area contributed by atoms with E-state index in [-0.39, 0.29) is 11.8 Å². The number of benzene rings is 1. The lowest BCUT2D eigenvalue weighted by Gasteiger charge is -2.26. The van der Waals surface area contributed by atoms with Crippen LogP contribution in [-0.4, -0.2) is 6.61 Å². The largest absolute Gasteiger partial charge is 0.465 e. The number of alkyl halides is 2. The van der Waals surface area contributed by atoms with Crippen molar-refractivity contribution in [1.82, 2.24) is 5.32 Å². The summed E-state index contributed by atoms with van der Waals surface area (Å²) in [7, 11) is 0. The molecule has 0 bridgehead atoms. The molecule has 0 saturated carbocycles. The molecule has 1 atom stereocenters. The zero-order valence-electron chi connectivity index (χ0n) is 12.4. The minimum absolute atomic E-state index is 0.217. The van der Waals surface area contributed by atoms with E-state index in [2.05, 4.69) is 10.1 Å². The molecule has 0 spiro atoms. The topological polar surface area (TPSA) is 34.4 Å². The number of halogens is 2. The van der Waals surface area contributed by atoms with Gasteiger partial charge in [0.05, 0.1) is 6.54 Å². The monoisotopic (exact) mass is 307 g/mol. The molecule has 1 heterocycles. The normalized spacial score (nSPS) is 17.5. The summed E-state index contributed by atoms with van der Waals surface area (Å²) in [5.74, 6) is 2.04. The Morgan fingerprint density at radius 1 is 1.32 bits per heavy atom. The van der Waals surface area contributed by atoms with Crippen molar-refractivity contribution in [3.05, 3.63) is 53.0 Å². The Kier molecular flexibility index (Phi) is 4.43. The van der Waals surface area contributed by atoms with Crippen molar-refractivity contribution in [3.8, 4) is 5.75 Å². The van der Waals surface area contributed by atoms with Crippen LogP contribution in [-0.2, 0) is 13.0 Å². The van der Waals surface area contributed by atoms with E-state index >= 15 is 0 Å². The first-order valence-corrected chi connectivity index (χ1v) is 7.48. The predicted octanol–water partition coefficient (Wildman–Crippen LogP) is 4.36. The van der Waals surface area contributed by atoms with Crippen LogP contribution >= 0.6 is 0 Å².